The number of halogens is 1. The first-order chi connectivity index (χ1) is 14.0. The molecule has 1 aliphatic heterocycles. The number of ether oxygens (including phenoxy) is 1. The van der Waals surface area contributed by atoms with Gasteiger partial charge in [-0.05, 0) is 74.5 Å². The smallest absolute Gasteiger partial charge is 0.257 e. The van der Waals surface area contributed by atoms with Crippen molar-refractivity contribution >= 4 is 23.4 Å². The van der Waals surface area contributed by atoms with Gasteiger partial charge in [0.15, 0.2) is 0 Å². The molecule has 156 valence electrons. The van der Waals surface area contributed by atoms with E-state index in [1.54, 1.807) is 25.3 Å². The van der Waals surface area contributed by atoms with Gasteiger partial charge in [-0.1, -0.05) is 11.6 Å². The Hall–Kier alpha value is -1.75. The van der Waals surface area contributed by atoms with E-state index in [9.17, 15) is 9.59 Å². The molecule has 1 aromatic rings. The Morgan fingerprint density at radius 1 is 0.966 bits per heavy atom. The van der Waals surface area contributed by atoms with Crippen LogP contribution in [0.25, 0.3) is 0 Å². The van der Waals surface area contributed by atoms with Crippen molar-refractivity contribution in [1.29, 1.82) is 0 Å². The molecule has 0 aromatic heterocycles. The zero-order chi connectivity index (χ0) is 20.2. The van der Waals surface area contributed by atoms with Crippen LogP contribution in [0.15, 0.2) is 18.2 Å². The molecule has 0 unspecified atom stereocenters. The fraction of sp³-hybridized carbons (Fsp3) is 0.652. The van der Waals surface area contributed by atoms with Gasteiger partial charge in [0.1, 0.15) is 5.75 Å². The van der Waals surface area contributed by atoms with E-state index in [0.29, 0.717) is 48.4 Å². The first kappa shape index (κ1) is 19.2. The maximum absolute atomic E-state index is 13.5. The van der Waals surface area contributed by atoms with Gasteiger partial charge in [-0.15, -0.1) is 0 Å². The molecule has 0 spiro atoms. The molecule has 0 atom stereocenters. The normalized spacial score (nSPS) is 33.1. The molecule has 1 saturated heterocycles. The summed E-state index contributed by atoms with van der Waals surface area (Å²) in [5.74, 6) is 3.12. The second kappa shape index (κ2) is 7.19. The summed E-state index contributed by atoms with van der Waals surface area (Å²) in [5, 5.41) is 0.518. The Bertz CT molecular complexity index is 796. The summed E-state index contributed by atoms with van der Waals surface area (Å²) in [4.78, 5) is 30.4. The van der Waals surface area contributed by atoms with Crippen LogP contribution < -0.4 is 4.74 Å². The number of amides is 2. The summed E-state index contributed by atoms with van der Waals surface area (Å²) in [6, 6.07) is 5.11. The van der Waals surface area contributed by atoms with E-state index in [0.717, 1.165) is 37.0 Å². The number of piperazine rings is 1. The highest BCUT2D eigenvalue weighted by Crippen LogP contribution is 2.60. The monoisotopic (exact) mass is 416 g/mol. The van der Waals surface area contributed by atoms with Crippen LogP contribution in [-0.2, 0) is 4.79 Å². The largest absolute Gasteiger partial charge is 0.496 e. The molecule has 29 heavy (non-hydrogen) atoms. The second-order valence-electron chi connectivity index (χ2n) is 9.63. The first-order valence-corrected chi connectivity index (χ1v) is 11.3. The Morgan fingerprint density at radius 3 is 2.07 bits per heavy atom. The van der Waals surface area contributed by atoms with Gasteiger partial charge in [0.05, 0.1) is 18.1 Å². The molecule has 5 nitrogen and oxygen atoms in total. The van der Waals surface area contributed by atoms with Gasteiger partial charge in [0, 0.05) is 31.2 Å². The average Bonchev–Trinajstić information content (AvgIpc) is 2.72. The Kier molecular flexibility index (Phi) is 4.77. The molecular weight excluding hydrogens is 388 g/mol. The van der Waals surface area contributed by atoms with Crippen LogP contribution in [0.3, 0.4) is 0 Å². The minimum atomic E-state index is -0.100. The molecule has 0 N–H and O–H groups in total. The number of rotatable bonds is 3. The molecule has 4 bridgehead atoms. The van der Waals surface area contributed by atoms with Crippen molar-refractivity contribution in [3.8, 4) is 5.75 Å². The molecule has 2 amide bonds. The summed E-state index contributed by atoms with van der Waals surface area (Å²) in [6.07, 6.45) is 7.31. The molecule has 1 heterocycles. The van der Waals surface area contributed by atoms with Crippen LogP contribution in [0.2, 0.25) is 5.02 Å². The minimum Gasteiger partial charge on any atom is -0.496 e. The fourth-order valence-electron chi connectivity index (χ4n) is 6.84. The molecule has 5 aliphatic rings. The van der Waals surface area contributed by atoms with Crippen LogP contribution in [-0.4, -0.2) is 54.9 Å². The Morgan fingerprint density at radius 2 is 1.52 bits per heavy atom. The predicted octanol–water partition coefficient (Wildman–Crippen LogP) is 3.85. The van der Waals surface area contributed by atoms with Crippen molar-refractivity contribution in [3.05, 3.63) is 28.8 Å². The fourth-order valence-corrected chi connectivity index (χ4v) is 7.01. The highest BCUT2D eigenvalue weighted by Gasteiger charge is 2.55. The standard InChI is InChI=1S/C23H29ClN2O3/c1-29-20-3-2-18(24)11-19(20)21(27)25-4-6-26(7-5-25)22(28)23-12-15-8-16(13-23)10-17(9-15)14-23/h2-3,11,15-17H,4-10,12-14H2,1H3. The van der Waals surface area contributed by atoms with Crippen molar-refractivity contribution in [2.45, 2.75) is 38.5 Å². The number of carbonyl (C=O) groups excluding carboxylic acids is 2. The molecule has 1 aromatic carbocycles. The van der Waals surface area contributed by atoms with E-state index in [2.05, 4.69) is 0 Å². The second-order valence-corrected chi connectivity index (χ2v) is 10.1. The summed E-state index contributed by atoms with van der Waals surface area (Å²) in [7, 11) is 1.56. The molecule has 5 fully saturated rings. The topological polar surface area (TPSA) is 49.9 Å². The van der Waals surface area contributed by atoms with Gasteiger partial charge in [-0.25, -0.2) is 0 Å². The maximum atomic E-state index is 13.5. The third kappa shape index (κ3) is 3.31. The van der Waals surface area contributed by atoms with E-state index in [1.807, 2.05) is 9.80 Å². The SMILES string of the molecule is COc1ccc(Cl)cc1C(=O)N1CCN(C(=O)C23CC4CC(CC(C4)C2)C3)CC1. The number of hydrogen-bond acceptors (Lipinski definition) is 3. The van der Waals surface area contributed by atoms with E-state index in [1.165, 1.54) is 19.3 Å². The third-order valence-electron chi connectivity index (χ3n) is 7.74. The van der Waals surface area contributed by atoms with Crippen LogP contribution in [0.4, 0.5) is 0 Å². The number of methoxy groups -OCH3 is 1. The van der Waals surface area contributed by atoms with Crippen molar-refractivity contribution in [2.75, 3.05) is 33.3 Å². The maximum Gasteiger partial charge on any atom is 0.257 e. The summed E-state index contributed by atoms with van der Waals surface area (Å²) < 4.78 is 5.34. The van der Waals surface area contributed by atoms with Crippen LogP contribution >= 0.6 is 11.6 Å². The zero-order valence-corrected chi connectivity index (χ0v) is 17.8. The van der Waals surface area contributed by atoms with Gasteiger partial charge in [-0.2, -0.15) is 0 Å². The van der Waals surface area contributed by atoms with E-state index in [-0.39, 0.29) is 11.3 Å². The van der Waals surface area contributed by atoms with E-state index < -0.39 is 0 Å². The highest BCUT2D eigenvalue weighted by molar-refractivity contribution is 6.31. The summed E-state index contributed by atoms with van der Waals surface area (Å²) in [6.45, 7) is 2.36. The van der Waals surface area contributed by atoms with Gasteiger partial charge in [0.25, 0.3) is 5.91 Å². The Labute approximate surface area is 177 Å². The first-order valence-electron chi connectivity index (χ1n) is 10.9. The molecule has 0 radical (unpaired) electrons. The van der Waals surface area contributed by atoms with Gasteiger partial charge < -0.3 is 14.5 Å². The van der Waals surface area contributed by atoms with Crippen molar-refractivity contribution < 1.29 is 14.3 Å². The molecular formula is C23H29ClN2O3. The van der Waals surface area contributed by atoms with Crippen LogP contribution in [0, 0.1) is 23.2 Å². The molecule has 6 rings (SSSR count). The zero-order valence-electron chi connectivity index (χ0n) is 17.0. The predicted molar refractivity (Wildman–Crippen MR) is 111 cm³/mol. The number of nitrogens with zero attached hydrogens (tertiary/aromatic N) is 2. The lowest BCUT2D eigenvalue weighted by Crippen LogP contribution is -2.58. The van der Waals surface area contributed by atoms with Gasteiger partial charge in [-0.3, -0.25) is 9.59 Å². The number of carbonyl (C=O) groups is 2. The molecule has 4 aliphatic carbocycles. The lowest BCUT2D eigenvalue weighted by Gasteiger charge is -2.57. The number of benzene rings is 1. The van der Waals surface area contributed by atoms with E-state index in [4.69, 9.17) is 16.3 Å². The average molecular weight is 417 g/mol. The van der Waals surface area contributed by atoms with Crippen molar-refractivity contribution in [1.82, 2.24) is 9.80 Å². The summed E-state index contributed by atoms with van der Waals surface area (Å²) in [5.41, 5.74) is 0.387. The minimum absolute atomic E-state index is 0.0775. The molecule has 6 heteroatoms. The third-order valence-corrected chi connectivity index (χ3v) is 7.97. The highest BCUT2D eigenvalue weighted by atomic mass is 35.5. The van der Waals surface area contributed by atoms with Crippen molar-refractivity contribution in [3.63, 3.8) is 0 Å². The van der Waals surface area contributed by atoms with Crippen LogP contribution in [0.1, 0.15) is 48.9 Å². The Balaban J connectivity index is 1.26. The van der Waals surface area contributed by atoms with Crippen LogP contribution in [0.5, 0.6) is 5.75 Å². The van der Waals surface area contributed by atoms with Gasteiger partial charge >= 0.3 is 0 Å². The summed E-state index contributed by atoms with van der Waals surface area (Å²) >= 11 is 6.09. The quantitative estimate of drug-likeness (QED) is 0.752. The van der Waals surface area contributed by atoms with Crippen molar-refractivity contribution in [2.24, 2.45) is 23.2 Å². The van der Waals surface area contributed by atoms with E-state index >= 15 is 0 Å². The lowest BCUT2D eigenvalue weighted by atomic mass is 9.49. The molecule has 4 saturated carbocycles. The number of hydrogen-bond donors (Lipinski definition) is 0. The lowest BCUT2D eigenvalue weighted by molar-refractivity contribution is -0.159. The van der Waals surface area contributed by atoms with Gasteiger partial charge in [0.2, 0.25) is 5.91 Å².